The number of cyclic esters (lactones) is 1. The minimum Gasteiger partial charge on any atom is -0.462 e. The maximum atomic E-state index is 11.5. The number of carbonyl (C=O) groups excluding carboxylic acids is 1. The van der Waals surface area contributed by atoms with Crippen molar-refractivity contribution in [1.29, 1.82) is 0 Å². The number of esters is 1. The molecule has 2 saturated heterocycles. The number of rotatable bonds is 1. The zero-order chi connectivity index (χ0) is 10.3. The summed E-state index contributed by atoms with van der Waals surface area (Å²) >= 11 is 0. The van der Waals surface area contributed by atoms with Crippen molar-refractivity contribution in [1.82, 2.24) is 0 Å². The molecule has 0 unspecified atom stereocenters. The van der Waals surface area contributed by atoms with Crippen molar-refractivity contribution in [2.75, 3.05) is 7.11 Å². The van der Waals surface area contributed by atoms with Crippen LogP contribution in [0.3, 0.4) is 0 Å². The molecular formula is C10H16O4. The Morgan fingerprint density at radius 3 is 2.93 bits per heavy atom. The van der Waals surface area contributed by atoms with E-state index in [0.29, 0.717) is 6.42 Å². The zero-order valence-corrected chi connectivity index (χ0v) is 8.78. The predicted octanol–water partition coefficient (Wildman–Crippen LogP) is 1.09. The summed E-state index contributed by atoms with van der Waals surface area (Å²) in [6.45, 7) is 3.75. The summed E-state index contributed by atoms with van der Waals surface area (Å²) in [5.74, 6) is -0.899. The second kappa shape index (κ2) is 3.21. The maximum absolute atomic E-state index is 11.5. The Hall–Kier alpha value is -0.610. The SMILES string of the molecule is CO[C@]1(C)C[C@H]2C(=O)O[C@@H](C)C[C@H]2O1. The summed E-state index contributed by atoms with van der Waals surface area (Å²) in [5.41, 5.74) is 0. The predicted molar refractivity (Wildman–Crippen MR) is 48.6 cm³/mol. The molecule has 4 heteroatoms. The quantitative estimate of drug-likeness (QED) is 0.594. The first-order valence-corrected chi connectivity index (χ1v) is 4.97. The van der Waals surface area contributed by atoms with Gasteiger partial charge in [-0.3, -0.25) is 4.79 Å². The average molecular weight is 200 g/mol. The van der Waals surface area contributed by atoms with Gasteiger partial charge < -0.3 is 14.2 Å². The van der Waals surface area contributed by atoms with E-state index < -0.39 is 5.79 Å². The van der Waals surface area contributed by atoms with Gasteiger partial charge in [-0.2, -0.15) is 0 Å². The van der Waals surface area contributed by atoms with Crippen molar-refractivity contribution >= 4 is 5.97 Å². The molecule has 0 aromatic carbocycles. The first kappa shape index (κ1) is 9.93. The molecule has 14 heavy (non-hydrogen) atoms. The van der Waals surface area contributed by atoms with E-state index in [1.54, 1.807) is 7.11 Å². The summed E-state index contributed by atoms with van der Waals surface area (Å²) in [5, 5.41) is 0. The molecule has 4 atom stereocenters. The number of hydrogen-bond donors (Lipinski definition) is 0. The summed E-state index contributed by atoms with van der Waals surface area (Å²) in [7, 11) is 1.60. The molecule has 0 aromatic heterocycles. The van der Waals surface area contributed by atoms with Crippen molar-refractivity contribution in [3.8, 4) is 0 Å². The van der Waals surface area contributed by atoms with Gasteiger partial charge >= 0.3 is 5.97 Å². The first-order valence-electron chi connectivity index (χ1n) is 4.97. The summed E-state index contributed by atoms with van der Waals surface area (Å²) in [6, 6.07) is 0. The van der Waals surface area contributed by atoms with E-state index in [1.807, 2.05) is 13.8 Å². The standard InChI is InChI=1S/C10H16O4/c1-6-4-8-7(9(11)13-6)5-10(2,12-3)14-8/h6-8H,4-5H2,1-3H3/t6-,7+,8+,10-/m0/s1. The minimum absolute atomic E-state index is 0.0313. The van der Waals surface area contributed by atoms with E-state index in [4.69, 9.17) is 14.2 Å². The van der Waals surface area contributed by atoms with E-state index in [0.717, 1.165) is 6.42 Å². The second-order valence-electron chi connectivity index (χ2n) is 4.29. The van der Waals surface area contributed by atoms with Crippen LogP contribution in [-0.4, -0.2) is 31.1 Å². The molecule has 0 spiro atoms. The highest BCUT2D eigenvalue weighted by Gasteiger charge is 2.50. The van der Waals surface area contributed by atoms with Gasteiger partial charge in [-0.15, -0.1) is 0 Å². The molecule has 0 bridgehead atoms. The summed E-state index contributed by atoms with van der Waals surface area (Å²) in [6.07, 6.45) is 1.30. The fourth-order valence-corrected chi connectivity index (χ4v) is 2.22. The largest absolute Gasteiger partial charge is 0.462 e. The third-order valence-electron chi connectivity index (χ3n) is 3.06. The topological polar surface area (TPSA) is 44.8 Å². The smallest absolute Gasteiger partial charge is 0.312 e. The Labute approximate surface area is 83.5 Å². The Kier molecular flexibility index (Phi) is 2.27. The second-order valence-corrected chi connectivity index (χ2v) is 4.29. The highest BCUT2D eigenvalue weighted by molar-refractivity contribution is 5.74. The molecule has 0 aromatic rings. The van der Waals surface area contributed by atoms with E-state index in [1.165, 1.54) is 0 Å². The van der Waals surface area contributed by atoms with Crippen LogP contribution in [0.1, 0.15) is 26.7 Å². The van der Waals surface area contributed by atoms with Crippen LogP contribution in [0.5, 0.6) is 0 Å². The summed E-state index contributed by atoms with van der Waals surface area (Å²) in [4.78, 5) is 11.5. The van der Waals surface area contributed by atoms with Crippen LogP contribution in [0, 0.1) is 5.92 Å². The molecule has 2 heterocycles. The average Bonchev–Trinajstić information content (AvgIpc) is 2.43. The van der Waals surface area contributed by atoms with Gasteiger partial charge in [0.1, 0.15) is 6.10 Å². The van der Waals surface area contributed by atoms with Crippen LogP contribution in [-0.2, 0) is 19.0 Å². The third-order valence-corrected chi connectivity index (χ3v) is 3.06. The molecule has 2 aliphatic heterocycles. The Morgan fingerprint density at radius 1 is 1.57 bits per heavy atom. The number of fused-ring (bicyclic) bond motifs is 1. The van der Waals surface area contributed by atoms with Gasteiger partial charge in [0.2, 0.25) is 0 Å². The molecule has 0 aliphatic carbocycles. The van der Waals surface area contributed by atoms with Crippen molar-refractivity contribution < 1.29 is 19.0 Å². The fourth-order valence-electron chi connectivity index (χ4n) is 2.22. The lowest BCUT2D eigenvalue weighted by atomic mass is 9.92. The van der Waals surface area contributed by atoms with Gasteiger partial charge in [-0.1, -0.05) is 0 Å². The van der Waals surface area contributed by atoms with Crippen LogP contribution < -0.4 is 0 Å². The molecule has 2 aliphatic rings. The monoisotopic (exact) mass is 200 g/mol. The van der Waals surface area contributed by atoms with Crippen molar-refractivity contribution in [2.24, 2.45) is 5.92 Å². The number of hydrogen-bond acceptors (Lipinski definition) is 4. The normalized spacial score (nSPS) is 47.4. The lowest BCUT2D eigenvalue weighted by Crippen LogP contribution is -2.37. The van der Waals surface area contributed by atoms with Crippen LogP contribution in [0.2, 0.25) is 0 Å². The minimum atomic E-state index is -0.613. The van der Waals surface area contributed by atoms with Gasteiger partial charge in [-0.05, 0) is 13.8 Å². The van der Waals surface area contributed by atoms with E-state index in [9.17, 15) is 4.79 Å². The van der Waals surface area contributed by atoms with E-state index in [2.05, 4.69) is 0 Å². The van der Waals surface area contributed by atoms with Gasteiger partial charge in [0.25, 0.3) is 0 Å². The van der Waals surface area contributed by atoms with Crippen LogP contribution in [0.4, 0.5) is 0 Å². The molecule has 0 N–H and O–H groups in total. The molecule has 0 saturated carbocycles. The first-order chi connectivity index (χ1) is 6.54. The summed E-state index contributed by atoms with van der Waals surface area (Å²) < 4.78 is 16.1. The highest BCUT2D eigenvalue weighted by Crippen LogP contribution is 2.40. The molecule has 0 amide bonds. The number of ether oxygens (including phenoxy) is 3. The van der Waals surface area contributed by atoms with Crippen molar-refractivity contribution in [3.05, 3.63) is 0 Å². The Bertz CT molecular complexity index is 253. The number of methoxy groups -OCH3 is 1. The van der Waals surface area contributed by atoms with Gasteiger partial charge in [-0.25, -0.2) is 0 Å². The maximum Gasteiger partial charge on any atom is 0.312 e. The Balaban J connectivity index is 2.13. The van der Waals surface area contributed by atoms with E-state index >= 15 is 0 Å². The molecule has 2 fully saturated rings. The lowest BCUT2D eigenvalue weighted by Gasteiger charge is -2.28. The highest BCUT2D eigenvalue weighted by atomic mass is 16.7. The molecule has 2 rings (SSSR count). The van der Waals surface area contributed by atoms with Gasteiger partial charge in [0, 0.05) is 20.0 Å². The Morgan fingerprint density at radius 2 is 2.29 bits per heavy atom. The van der Waals surface area contributed by atoms with Crippen LogP contribution in [0.25, 0.3) is 0 Å². The molecule has 4 nitrogen and oxygen atoms in total. The third kappa shape index (κ3) is 1.53. The van der Waals surface area contributed by atoms with Crippen LogP contribution >= 0.6 is 0 Å². The molecule has 0 radical (unpaired) electrons. The molecular weight excluding hydrogens is 184 g/mol. The van der Waals surface area contributed by atoms with Crippen molar-refractivity contribution in [2.45, 2.75) is 44.7 Å². The number of carbonyl (C=O) groups is 1. The van der Waals surface area contributed by atoms with Crippen molar-refractivity contribution in [3.63, 3.8) is 0 Å². The zero-order valence-electron chi connectivity index (χ0n) is 8.78. The fraction of sp³-hybridized carbons (Fsp3) is 0.900. The lowest BCUT2D eigenvalue weighted by molar-refractivity contribution is -0.206. The van der Waals surface area contributed by atoms with Gasteiger partial charge in [0.15, 0.2) is 5.79 Å². The molecule has 80 valence electrons. The van der Waals surface area contributed by atoms with Crippen LogP contribution in [0.15, 0.2) is 0 Å². The van der Waals surface area contributed by atoms with E-state index in [-0.39, 0.29) is 24.1 Å². The van der Waals surface area contributed by atoms with Gasteiger partial charge in [0.05, 0.1) is 12.0 Å².